The molecule has 2 aromatic carbocycles. The fraction of sp³-hybridized carbons (Fsp3) is 0.391. The summed E-state index contributed by atoms with van der Waals surface area (Å²) in [6, 6.07) is 15.6. The lowest BCUT2D eigenvalue weighted by molar-refractivity contribution is -0.117. The molecule has 3 rings (SSSR count). The summed E-state index contributed by atoms with van der Waals surface area (Å²) in [5.74, 6) is 2.51. The van der Waals surface area contributed by atoms with Crippen LogP contribution in [0.1, 0.15) is 25.3 Å². The summed E-state index contributed by atoms with van der Waals surface area (Å²) in [7, 11) is 3.39. The van der Waals surface area contributed by atoms with Crippen molar-refractivity contribution >= 4 is 17.6 Å². The van der Waals surface area contributed by atoms with Crippen molar-refractivity contribution in [3.8, 4) is 11.5 Å². The molecule has 30 heavy (non-hydrogen) atoms. The smallest absolute Gasteiger partial charge is 0.227 e. The maximum Gasteiger partial charge on any atom is 0.227 e. The second kappa shape index (κ2) is 10.5. The molecular formula is C23H30N4O3. The van der Waals surface area contributed by atoms with E-state index < -0.39 is 0 Å². The van der Waals surface area contributed by atoms with Crippen LogP contribution in [0.15, 0.2) is 53.5 Å². The summed E-state index contributed by atoms with van der Waals surface area (Å²) in [6.07, 6.45) is 1.55. The summed E-state index contributed by atoms with van der Waals surface area (Å²) >= 11 is 0. The maximum absolute atomic E-state index is 11.9. The first-order valence-electron chi connectivity index (χ1n) is 10.2. The first-order valence-corrected chi connectivity index (χ1v) is 10.2. The van der Waals surface area contributed by atoms with E-state index in [0.717, 1.165) is 35.7 Å². The molecule has 1 unspecified atom stereocenters. The molecule has 1 amide bonds. The molecule has 0 spiro atoms. The normalized spacial score (nSPS) is 15.1. The summed E-state index contributed by atoms with van der Waals surface area (Å²) in [6.45, 7) is 4.07. The van der Waals surface area contributed by atoms with Crippen molar-refractivity contribution in [3.05, 3.63) is 54.1 Å². The van der Waals surface area contributed by atoms with Gasteiger partial charge in [0.2, 0.25) is 5.91 Å². The van der Waals surface area contributed by atoms with Crippen molar-refractivity contribution in [1.82, 2.24) is 10.6 Å². The number of carbonyl (C=O) groups is 1. The predicted octanol–water partition coefficient (Wildman–Crippen LogP) is 2.95. The van der Waals surface area contributed by atoms with E-state index >= 15 is 0 Å². The highest BCUT2D eigenvalue weighted by atomic mass is 16.5. The number of rotatable bonds is 8. The van der Waals surface area contributed by atoms with Crippen molar-refractivity contribution in [2.45, 2.75) is 32.4 Å². The van der Waals surface area contributed by atoms with Gasteiger partial charge in [0.25, 0.3) is 0 Å². The van der Waals surface area contributed by atoms with Crippen molar-refractivity contribution in [1.29, 1.82) is 0 Å². The highest BCUT2D eigenvalue weighted by Crippen LogP contribution is 2.21. The van der Waals surface area contributed by atoms with E-state index in [4.69, 9.17) is 9.47 Å². The van der Waals surface area contributed by atoms with Gasteiger partial charge in [0.05, 0.1) is 13.7 Å². The maximum atomic E-state index is 11.9. The molecule has 1 atom stereocenters. The van der Waals surface area contributed by atoms with E-state index in [2.05, 4.69) is 15.6 Å². The van der Waals surface area contributed by atoms with Gasteiger partial charge < -0.3 is 25.0 Å². The molecule has 7 heteroatoms. The van der Waals surface area contributed by atoms with Gasteiger partial charge in [-0.15, -0.1) is 0 Å². The van der Waals surface area contributed by atoms with Gasteiger partial charge >= 0.3 is 0 Å². The minimum Gasteiger partial charge on any atom is -0.497 e. The van der Waals surface area contributed by atoms with E-state index in [9.17, 15) is 4.79 Å². The fourth-order valence-electron chi connectivity index (χ4n) is 3.29. The molecule has 1 heterocycles. The number of methoxy groups -OCH3 is 1. The number of guanidine groups is 1. The van der Waals surface area contributed by atoms with Crippen molar-refractivity contribution in [2.75, 3.05) is 32.1 Å². The molecule has 0 saturated carbocycles. The molecule has 0 radical (unpaired) electrons. The van der Waals surface area contributed by atoms with E-state index in [-0.39, 0.29) is 12.0 Å². The van der Waals surface area contributed by atoms with E-state index in [1.165, 1.54) is 0 Å². The number of hydrogen-bond acceptors (Lipinski definition) is 4. The summed E-state index contributed by atoms with van der Waals surface area (Å²) in [5.41, 5.74) is 2.09. The van der Waals surface area contributed by atoms with Crippen molar-refractivity contribution < 1.29 is 14.3 Å². The third-order valence-electron chi connectivity index (χ3n) is 4.96. The number of benzene rings is 2. The molecule has 7 nitrogen and oxygen atoms in total. The minimum atomic E-state index is -0.0331. The van der Waals surface area contributed by atoms with Crippen LogP contribution in [0.25, 0.3) is 0 Å². The molecular weight excluding hydrogens is 380 g/mol. The largest absolute Gasteiger partial charge is 0.497 e. The number of nitrogens with one attached hydrogen (secondary N) is 2. The Balaban J connectivity index is 1.43. The Morgan fingerprint density at radius 3 is 2.40 bits per heavy atom. The van der Waals surface area contributed by atoms with Crippen LogP contribution in [-0.4, -0.2) is 45.2 Å². The zero-order valence-electron chi connectivity index (χ0n) is 17.9. The second-order valence-electron chi connectivity index (χ2n) is 7.23. The zero-order valence-corrected chi connectivity index (χ0v) is 17.9. The average molecular weight is 411 g/mol. The molecule has 1 aliphatic heterocycles. The van der Waals surface area contributed by atoms with Crippen LogP contribution in [0.2, 0.25) is 0 Å². The first kappa shape index (κ1) is 21.5. The van der Waals surface area contributed by atoms with Gasteiger partial charge in [0.1, 0.15) is 17.6 Å². The van der Waals surface area contributed by atoms with Gasteiger partial charge in [-0.05, 0) is 55.3 Å². The summed E-state index contributed by atoms with van der Waals surface area (Å²) < 4.78 is 11.1. The first-order chi connectivity index (χ1) is 14.6. The topological polar surface area (TPSA) is 75.2 Å². The predicted molar refractivity (Wildman–Crippen MR) is 119 cm³/mol. The van der Waals surface area contributed by atoms with E-state index in [1.807, 2.05) is 60.4 Å². The van der Waals surface area contributed by atoms with Gasteiger partial charge in [0.15, 0.2) is 5.96 Å². The van der Waals surface area contributed by atoms with E-state index in [0.29, 0.717) is 25.5 Å². The standard InChI is InChI=1S/C23H30N4O3/c1-17(30-21-12-10-20(29-3)11-13-21)15-25-23(24-2)26-16-18-6-8-19(9-7-18)27-14-4-5-22(27)28/h6-13,17H,4-5,14-16H2,1-3H3,(H2,24,25,26). The number of ether oxygens (including phenoxy) is 2. The summed E-state index contributed by atoms with van der Waals surface area (Å²) in [5, 5.41) is 6.58. The van der Waals surface area contributed by atoms with Crippen LogP contribution in [0, 0.1) is 0 Å². The van der Waals surface area contributed by atoms with E-state index in [1.54, 1.807) is 14.2 Å². The molecule has 1 saturated heterocycles. The molecule has 0 bridgehead atoms. The second-order valence-corrected chi connectivity index (χ2v) is 7.23. The van der Waals surface area contributed by atoms with Gasteiger partial charge in [0, 0.05) is 32.2 Å². The Labute approximate surface area is 178 Å². The van der Waals surface area contributed by atoms with Gasteiger partial charge in [-0.25, -0.2) is 0 Å². The molecule has 2 N–H and O–H groups in total. The van der Waals surface area contributed by atoms with Crippen LogP contribution < -0.4 is 25.0 Å². The number of anilines is 1. The van der Waals surface area contributed by atoms with Crippen LogP contribution in [-0.2, 0) is 11.3 Å². The van der Waals surface area contributed by atoms with Crippen LogP contribution in [0.3, 0.4) is 0 Å². The Bertz CT molecular complexity index is 850. The fourth-order valence-corrected chi connectivity index (χ4v) is 3.29. The average Bonchev–Trinajstić information content (AvgIpc) is 3.20. The number of amides is 1. The molecule has 1 fully saturated rings. The minimum absolute atomic E-state index is 0.0331. The molecule has 0 aromatic heterocycles. The summed E-state index contributed by atoms with van der Waals surface area (Å²) in [4.78, 5) is 18.0. The molecule has 0 aliphatic carbocycles. The Morgan fingerprint density at radius 1 is 1.10 bits per heavy atom. The van der Waals surface area contributed by atoms with Crippen LogP contribution in [0.5, 0.6) is 11.5 Å². The Kier molecular flexibility index (Phi) is 7.54. The Hall–Kier alpha value is -3.22. The van der Waals surface area contributed by atoms with Crippen molar-refractivity contribution in [3.63, 3.8) is 0 Å². The van der Waals surface area contributed by atoms with Gasteiger partial charge in [-0.1, -0.05) is 12.1 Å². The lowest BCUT2D eigenvalue weighted by Crippen LogP contribution is -2.41. The molecule has 2 aromatic rings. The van der Waals surface area contributed by atoms with Crippen LogP contribution in [0.4, 0.5) is 5.69 Å². The molecule has 160 valence electrons. The Morgan fingerprint density at radius 2 is 1.80 bits per heavy atom. The highest BCUT2D eigenvalue weighted by Gasteiger charge is 2.21. The lowest BCUT2D eigenvalue weighted by Gasteiger charge is -2.18. The van der Waals surface area contributed by atoms with Crippen molar-refractivity contribution in [2.24, 2.45) is 4.99 Å². The number of nitrogens with zero attached hydrogens (tertiary/aromatic N) is 2. The number of hydrogen-bond donors (Lipinski definition) is 2. The van der Waals surface area contributed by atoms with Gasteiger partial charge in [-0.3, -0.25) is 9.79 Å². The number of aliphatic imine (C=N–C) groups is 1. The lowest BCUT2D eigenvalue weighted by atomic mass is 10.2. The quantitative estimate of drug-likeness (QED) is 0.517. The third kappa shape index (κ3) is 5.89. The third-order valence-corrected chi connectivity index (χ3v) is 4.96. The monoisotopic (exact) mass is 410 g/mol. The zero-order chi connectivity index (χ0) is 21.3. The number of carbonyl (C=O) groups excluding carboxylic acids is 1. The highest BCUT2D eigenvalue weighted by molar-refractivity contribution is 5.95. The van der Waals surface area contributed by atoms with Crippen LogP contribution >= 0.6 is 0 Å². The SMILES string of the molecule is CN=C(NCc1ccc(N2CCCC2=O)cc1)NCC(C)Oc1ccc(OC)cc1. The molecule has 1 aliphatic rings. The van der Waals surface area contributed by atoms with Gasteiger partial charge in [-0.2, -0.15) is 0 Å².